The number of rotatable bonds is 4. The topological polar surface area (TPSA) is 132 Å². The van der Waals surface area contributed by atoms with Crippen molar-refractivity contribution in [2.45, 2.75) is 19.0 Å². The van der Waals surface area contributed by atoms with Crippen LogP contribution in [0.25, 0.3) is 22.5 Å². The predicted octanol–water partition coefficient (Wildman–Crippen LogP) is 2.78. The lowest BCUT2D eigenvalue weighted by atomic mass is 10.0. The smallest absolute Gasteiger partial charge is 0.333 e. The third kappa shape index (κ3) is 3.29. The summed E-state index contributed by atoms with van der Waals surface area (Å²) in [5.74, 6) is -0.594. The van der Waals surface area contributed by atoms with E-state index in [0.29, 0.717) is 29.2 Å². The monoisotopic (exact) mass is 463 g/mol. The summed E-state index contributed by atoms with van der Waals surface area (Å²) in [6.07, 6.45) is 4.88. The van der Waals surface area contributed by atoms with Gasteiger partial charge in [-0.15, -0.1) is 10.2 Å². The van der Waals surface area contributed by atoms with Crippen LogP contribution in [0.4, 0.5) is 8.78 Å². The highest BCUT2D eigenvalue weighted by Crippen LogP contribution is 2.33. The zero-order chi connectivity index (χ0) is 23.2. The molecular weight excluding hydrogens is 448 g/mol. The molecule has 1 N–H and O–H groups in total. The number of hydrogen-bond donors (Lipinski definition) is 1. The standard InChI is InChI=1S/C21H15F2N9O2/c22-21(23)32-8-6-14(30-32)18-28-29-19(34-18)20(33)31-7-5-13-15(26-10-25-13)16(31)17-24-9-11-3-1-2-4-12(11)27-17/h1-4,6,8-10,16,21H,5,7H2,(H,25,26)/t16-/m0/s1. The van der Waals surface area contributed by atoms with Gasteiger partial charge in [0.15, 0.2) is 5.82 Å². The summed E-state index contributed by atoms with van der Waals surface area (Å²) in [7, 11) is 0. The number of fused-ring (bicyclic) bond motifs is 2. The fraction of sp³-hybridized carbons (Fsp3) is 0.190. The number of nitrogens with one attached hydrogen (secondary N) is 1. The molecule has 13 heteroatoms. The van der Waals surface area contributed by atoms with Crippen molar-refractivity contribution in [3.8, 4) is 11.6 Å². The summed E-state index contributed by atoms with van der Waals surface area (Å²) < 4.78 is 31.6. The van der Waals surface area contributed by atoms with Crippen LogP contribution < -0.4 is 0 Å². The molecule has 1 aliphatic rings. The van der Waals surface area contributed by atoms with Gasteiger partial charge in [0.05, 0.1) is 17.5 Å². The summed E-state index contributed by atoms with van der Waals surface area (Å²) in [5.41, 5.74) is 2.28. The molecule has 34 heavy (non-hydrogen) atoms. The van der Waals surface area contributed by atoms with Crippen LogP contribution in [0.3, 0.4) is 0 Å². The SMILES string of the molecule is O=C(c1nnc(-c2ccn(C(F)F)n2)o1)N1CCc2[nH]cnc2[C@H]1c1ncc2ccccc2n1. The van der Waals surface area contributed by atoms with Crippen LogP contribution in [-0.2, 0) is 6.42 Å². The Balaban J connectivity index is 1.37. The fourth-order valence-electron chi connectivity index (χ4n) is 3.97. The molecule has 5 heterocycles. The van der Waals surface area contributed by atoms with Gasteiger partial charge in [-0.2, -0.15) is 13.9 Å². The molecule has 1 aliphatic heterocycles. The van der Waals surface area contributed by atoms with Gasteiger partial charge in [0.1, 0.15) is 11.7 Å². The van der Waals surface area contributed by atoms with Crippen molar-refractivity contribution in [3.05, 3.63) is 72.2 Å². The highest BCUT2D eigenvalue weighted by molar-refractivity contribution is 5.90. The lowest BCUT2D eigenvalue weighted by Gasteiger charge is -2.32. The van der Waals surface area contributed by atoms with E-state index >= 15 is 0 Å². The molecule has 1 atom stereocenters. The van der Waals surface area contributed by atoms with Gasteiger partial charge < -0.3 is 14.3 Å². The number of aromatic nitrogens is 8. The average molecular weight is 463 g/mol. The zero-order valence-corrected chi connectivity index (χ0v) is 17.3. The Labute approximate surface area is 189 Å². The lowest BCUT2D eigenvalue weighted by Crippen LogP contribution is -2.41. The molecular formula is C21H15F2N9O2. The van der Waals surface area contributed by atoms with Gasteiger partial charge in [-0.25, -0.2) is 19.6 Å². The van der Waals surface area contributed by atoms with Crippen LogP contribution in [0.2, 0.25) is 0 Å². The Morgan fingerprint density at radius 3 is 2.91 bits per heavy atom. The van der Waals surface area contributed by atoms with E-state index in [-0.39, 0.29) is 17.5 Å². The first-order valence-electron chi connectivity index (χ1n) is 10.3. The van der Waals surface area contributed by atoms with Crippen molar-refractivity contribution in [2.75, 3.05) is 6.54 Å². The van der Waals surface area contributed by atoms with Gasteiger partial charge in [-0.1, -0.05) is 18.2 Å². The number of amides is 1. The van der Waals surface area contributed by atoms with Crippen LogP contribution in [0, 0.1) is 0 Å². The van der Waals surface area contributed by atoms with E-state index in [0.717, 1.165) is 22.8 Å². The fourth-order valence-corrected chi connectivity index (χ4v) is 3.97. The van der Waals surface area contributed by atoms with Crippen molar-refractivity contribution in [3.63, 3.8) is 0 Å². The van der Waals surface area contributed by atoms with Gasteiger partial charge in [-0.3, -0.25) is 4.79 Å². The summed E-state index contributed by atoms with van der Waals surface area (Å²) in [5, 5.41) is 12.2. The number of alkyl halides is 2. The zero-order valence-electron chi connectivity index (χ0n) is 17.3. The number of carbonyl (C=O) groups is 1. The number of nitrogens with zero attached hydrogens (tertiary/aromatic N) is 8. The van der Waals surface area contributed by atoms with Crippen LogP contribution in [0.5, 0.6) is 0 Å². The average Bonchev–Trinajstić information content (AvgIpc) is 3.62. The molecule has 170 valence electrons. The molecule has 0 saturated heterocycles. The number of halogens is 2. The molecule has 5 aromatic rings. The first kappa shape index (κ1) is 20.1. The highest BCUT2D eigenvalue weighted by atomic mass is 19.3. The van der Waals surface area contributed by atoms with Gasteiger partial charge in [0.2, 0.25) is 0 Å². The maximum absolute atomic E-state index is 13.4. The minimum atomic E-state index is -2.81. The number of para-hydroxylation sites is 1. The van der Waals surface area contributed by atoms with E-state index in [9.17, 15) is 13.6 Å². The first-order chi connectivity index (χ1) is 16.6. The van der Waals surface area contributed by atoms with E-state index < -0.39 is 18.5 Å². The molecule has 0 aliphatic carbocycles. The number of imidazole rings is 1. The molecule has 0 fully saturated rings. The Morgan fingerprint density at radius 1 is 1.18 bits per heavy atom. The molecule has 0 unspecified atom stereocenters. The van der Waals surface area contributed by atoms with Crippen LogP contribution >= 0.6 is 0 Å². The van der Waals surface area contributed by atoms with Gasteiger partial charge in [0.25, 0.3) is 5.89 Å². The van der Waals surface area contributed by atoms with E-state index in [1.807, 2.05) is 24.3 Å². The summed E-state index contributed by atoms with van der Waals surface area (Å²) >= 11 is 0. The maximum Gasteiger partial charge on any atom is 0.333 e. The van der Waals surface area contributed by atoms with E-state index in [1.165, 1.54) is 11.0 Å². The molecule has 0 saturated carbocycles. The normalized spacial score (nSPS) is 15.7. The highest BCUT2D eigenvalue weighted by Gasteiger charge is 2.38. The first-order valence-corrected chi connectivity index (χ1v) is 10.3. The quantitative estimate of drug-likeness (QED) is 0.430. The second-order valence-corrected chi connectivity index (χ2v) is 7.58. The number of carbonyl (C=O) groups excluding carboxylic acids is 1. The number of aromatic amines is 1. The van der Waals surface area contributed by atoms with E-state index in [4.69, 9.17) is 4.42 Å². The Hall–Kier alpha value is -4.55. The summed E-state index contributed by atoms with van der Waals surface area (Å²) in [6, 6.07) is 8.16. The molecule has 6 rings (SSSR count). The Morgan fingerprint density at radius 2 is 2.06 bits per heavy atom. The molecule has 4 aromatic heterocycles. The Bertz CT molecular complexity index is 1510. The predicted molar refractivity (Wildman–Crippen MR) is 111 cm³/mol. The van der Waals surface area contributed by atoms with E-state index in [1.54, 1.807) is 12.5 Å². The Kier molecular flexibility index (Phi) is 4.60. The number of H-pyrrole nitrogens is 1. The minimum Gasteiger partial charge on any atom is -0.411 e. The van der Waals surface area contributed by atoms with Crippen molar-refractivity contribution in [1.29, 1.82) is 0 Å². The molecule has 11 nitrogen and oxygen atoms in total. The molecule has 1 aromatic carbocycles. The summed E-state index contributed by atoms with van der Waals surface area (Å²) in [4.78, 5) is 31.6. The number of benzene rings is 1. The van der Waals surface area contributed by atoms with Crippen molar-refractivity contribution in [2.24, 2.45) is 0 Å². The van der Waals surface area contributed by atoms with Crippen molar-refractivity contribution < 1.29 is 18.0 Å². The third-order valence-electron chi connectivity index (χ3n) is 5.57. The van der Waals surface area contributed by atoms with Crippen LogP contribution in [-0.4, -0.2) is 57.3 Å². The summed E-state index contributed by atoms with van der Waals surface area (Å²) in [6.45, 7) is -2.48. The third-order valence-corrected chi connectivity index (χ3v) is 5.57. The van der Waals surface area contributed by atoms with E-state index in [2.05, 4.69) is 35.2 Å². The largest absolute Gasteiger partial charge is 0.411 e. The number of hydrogen-bond acceptors (Lipinski definition) is 8. The second kappa shape index (κ2) is 7.79. The molecule has 0 spiro atoms. The molecule has 0 radical (unpaired) electrons. The van der Waals surface area contributed by atoms with Crippen molar-refractivity contribution >= 4 is 16.8 Å². The molecule has 0 bridgehead atoms. The second-order valence-electron chi connectivity index (χ2n) is 7.58. The minimum absolute atomic E-state index is 0.0366. The maximum atomic E-state index is 13.4. The van der Waals surface area contributed by atoms with Gasteiger partial charge in [0, 0.05) is 36.4 Å². The molecule has 1 amide bonds. The van der Waals surface area contributed by atoms with Gasteiger partial charge in [-0.05, 0) is 12.1 Å². The van der Waals surface area contributed by atoms with Crippen molar-refractivity contribution in [1.82, 2.24) is 44.8 Å². The van der Waals surface area contributed by atoms with Gasteiger partial charge >= 0.3 is 18.3 Å². The van der Waals surface area contributed by atoms with Crippen LogP contribution in [0.1, 0.15) is 40.5 Å². The lowest BCUT2D eigenvalue weighted by molar-refractivity contribution is 0.0566. The van der Waals surface area contributed by atoms with Crippen LogP contribution in [0.15, 0.2) is 53.5 Å².